The van der Waals surface area contributed by atoms with Crippen molar-refractivity contribution in [3.8, 4) is 12.3 Å². The number of aryl methyl sites for hydroxylation is 1. The molecule has 9 nitrogen and oxygen atoms in total. The van der Waals surface area contributed by atoms with Gasteiger partial charge in [-0.15, -0.1) is 16.6 Å². The first kappa shape index (κ1) is 34.5. The van der Waals surface area contributed by atoms with E-state index in [0.717, 1.165) is 30.9 Å². The molecule has 1 N–H and O–H groups in total. The Morgan fingerprint density at radius 2 is 1.87 bits per heavy atom. The summed E-state index contributed by atoms with van der Waals surface area (Å²) in [6, 6.07) is 10.3. The SMILES string of the molecule is C#CCN(CCCNC(=O)OC(C)(C)C)Cc1cc2c(c(C(F)(F)F)c1)CN(c1cccc(C3CCC3)c1)C2=O.Cn1cnnc1. The second-order valence-electron chi connectivity index (χ2n) is 12.6. The maximum Gasteiger partial charge on any atom is 0.416 e. The lowest BCUT2D eigenvalue weighted by atomic mass is 9.80. The number of rotatable bonds is 9. The van der Waals surface area contributed by atoms with E-state index in [0.29, 0.717) is 36.7 Å². The van der Waals surface area contributed by atoms with Crippen LogP contribution in [-0.4, -0.2) is 56.9 Å². The van der Waals surface area contributed by atoms with Gasteiger partial charge in [0.15, 0.2) is 0 Å². The van der Waals surface area contributed by atoms with Crippen LogP contribution >= 0.6 is 0 Å². The summed E-state index contributed by atoms with van der Waals surface area (Å²) in [5.74, 6) is 2.55. The molecule has 12 heteroatoms. The van der Waals surface area contributed by atoms with Gasteiger partial charge < -0.3 is 19.5 Å². The molecule has 2 aromatic carbocycles. The van der Waals surface area contributed by atoms with Crippen LogP contribution in [0.15, 0.2) is 49.1 Å². The lowest BCUT2D eigenvalue weighted by Crippen LogP contribution is -2.34. The minimum absolute atomic E-state index is 0.000331. The number of carbonyl (C=O) groups excluding carboxylic acids is 2. The van der Waals surface area contributed by atoms with Gasteiger partial charge >= 0.3 is 12.3 Å². The number of fused-ring (bicyclic) bond motifs is 1. The summed E-state index contributed by atoms with van der Waals surface area (Å²) in [7, 11) is 1.88. The van der Waals surface area contributed by atoms with Crippen molar-refractivity contribution in [2.75, 3.05) is 24.5 Å². The van der Waals surface area contributed by atoms with Gasteiger partial charge in [0.25, 0.3) is 5.91 Å². The molecule has 46 heavy (non-hydrogen) atoms. The molecule has 3 aromatic rings. The van der Waals surface area contributed by atoms with Crippen LogP contribution in [0.5, 0.6) is 0 Å². The van der Waals surface area contributed by atoms with E-state index >= 15 is 0 Å². The number of hydrogen-bond donors (Lipinski definition) is 1. The number of ether oxygens (including phenoxy) is 1. The van der Waals surface area contributed by atoms with Gasteiger partial charge in [-0.1, -0.05) is 24.5 Å². The van der Waals surface area contributed by atoms with E-state index in [1.54, 1.807) is 50.1 Å². The van der Waals surface area contributed by atoms with Crippen LogP contribution in [0, 0.1) is 12.3 Å². The van der Waals surface area contributed by atoms with E-state index in [2.05, 4.69) is 21.4 Å². The third-order valence-electron chi connectivity index (χ3n) is 7.74. The van der Waals surface area contributed by atoms with E-state index in [4.69, 9.17) is 11.2 Å². The number of amides is 2. The number of aromatic nitrogens is 3. The number of alkyl halides is 3. The second kappa shape index (κ2) is 14.8. The van der Waals surface area contributed by atoms with Crippen molar-refractivity contribution in [2.24, 2.45) is 7.05 Å². The number of terminal acetylenes is 1. The molecule has 1 saturated carbocycles. The smallest absolute Gasteiger partial charge is 0.416 e. The monoisotopic (exact) mass is 638 g/mol. The topological polar surface area (TPSA) is 92.6 Å². The molecular weight excluding hydrogens is 597 g/mol. The number of alkyl carbamates (subject to hydrolysis) is 1. The molecule has 5 rings (SSSR count). The zero-order valence-corrected chi connectivity index (χ0v) is 26.7. The summed E-state index contributed by atoms with van der Waals surface area (Å²) in [4.78, 5) is 28.6. The number of carbonyl (C=O) groups is 2. The third kappa shape index (κ3) is 9.33. The molecule has 0 atom stereocenters. The van der Waals surface area contributed by atoms with Crippen molar-refractivity contribution < 1.29 is 27.5 Å². The van der Waals surface area contributed by atoms with Gasteiger partial charge in [-0.2, -0.15) is 13.2 Å². The first-order chi connectivity index (χ1) is 21.7. The van der Waals surface area contributed by atoms with Gasteiger partial charge in [0, 0.05) is 37.9 Å². The predicted octanol–water partition coefficient (Wildman–Crippen LogP) is 6.30. The minimum atomic E-state index is -4.61. The van der Waals surface area contributed by atoms with Gasteiger partial charge in [0.1, 0.15) is 18.3 Å². The van der Waals surface area contributed by atoms with Gasteiger partial charge in [0.2, 0.25) is 0 Å². The van der Waals surface area contributed by atoms with E-state index in [9.17, 15) is 22.8 Å². The van der Waals surface area contributed by atoms with Crippen molar-refractivity contribution in [2.45, 2.75) is 77.2 Å². The normalized spacial score (nSPS) is 14.7. The maximum absolute atomic E-state index is 14.2. The molecule has 1 aliphatic heterocycles. The van der Waals surface area contributed by atoms with Gasteiger partial charge in [-0.3, -0.25) is 9.69 Å². The Hall–Kier alpha value is -4.37. The van der Waals surface area contributed by atoms with Crippen molar-refractivity contribution in [1.29, 1.82) is 0 Å². The highest BCUT2D eigenvalue weighted by Crippen LogP contribution is 2.41. The first-order valence-corrected chi connectivity index (χ1v) is 15.3. The highest BCUT2D eigenvalue weighted by Gasteiger charge is 2.40. The number of anilines is 1. The van der Waals surface area contributed by atoms with Crippen molar-refractivity contribution in [3.05, 3.63) is 76.9 Å². The van der Waals surface area contributed by atoms with Crippen LogP contribution in [0.1, 0.15) is 85.0 Å². The van der Waals surface area contributed by atoms with Crippen molar-refractivity contribution in [3.63, 3.8) is 0 Å². The quantitative estimate of drug-likeness (QED) is 0.219. The Balaban J connectivity index is 0.000000717. The Kier molecular flexibility index (Phi) is 11.1. The largest absolute Gasteiger partial charge is 0.444 e. The fourth-order valence-electron chi connectivity index (χ4n) is 5.37. The Labute approximate surface area is 268 Å². The van der Waals surface area contributed by atoms with Crippen LogP contribution in [-0.2, 0) is 31.1 Å². The number of nitrogens with one attached hydrogen (secondary N) is 1. The molecule has 1 aliphatic carbocycles. The zero-order chi connectivity index (χ0) is 33.5. The van der Waals surface area contributed by atoms with E-state index < -0.39 is 29.3 Å². The molecule has 1 fully saturated rings. The summed E-state index contributed by atoms with van der Waals surface area (Å²) >= 11 is 0. The molecule has 0 saturated heterocycles. The highest BCUT2D eigenvalue weighted by atomic mass is 19.4. The predicted molar refractivity (Wildman–Crippen MR) is 169 cm³/mol. The van der Waals surface area contributed by atoms with Crippen LogP contribution in [0.3, 0.4) is 0 Å². The lowest BCUT2D eigenvalue weighted by Gasteiger charge is -2.27. The standard InChI is InChI=1S/C31H36F3N3O3.C3H5N3/c1-5-14-36(15-8-13-35-29(39)40-30(2,3)4)19-21-16-25-26(27(17-21)31(32,33)34)20-37(28(25)38)24-12-7-11-23(18-24)22-9-6-10-22;1-6-2-4-5-3-6/h1,7,11-12,16-18,22H,6,8-10,13-15,19-20H2,2-4H3,(H,35,39);2-3H,1H3. The number of nitrogens with zero attached hydrogens (tertiary/aromatic N) is 5. The average molecular weight is 639 g/mol. The maximum atomic E-state index is 14.2. The van der Waals surface area contributed by atoms with Crippen LogP contribution < -0.4 is 10.2 Å². The number of benzene rings is 2. The molecule has 1 aromatic heterocycles. The number of halogens is 3. The molecule has 0 radical (unpaired) electrons. The molecule has 0 bridgehead atoms. The van der Waals surface area contributed by atoms with Gasteiger partial charge in [-0.05, 0) is 86.9 Å². The van der Waals surface area contributed by atoms with E-state index in [1.165, 1.54) is 4.90 Å². The zero-order valence-electron chi connectivity index (χ0n) is 26.7. The first-order valence-electron chi connectivity index (χ1n) is 15.3. The average Bonchev–Trinajstić information content (AvgIpc) is 3.55. The second-order valence-corrected chi connectivity index (χ2v) is 12.6. The van der Waals surface area contributed by atoms with Crippen molar-refractivity contribution >= 4 is 17.7 Å². The van der Waals surface area contributed by atoms with Crippen molar-refractivity contribution in [1.82, 2.24) is 25.0 Å². The summed E-state index contributed by atoms with van der Waals surface area (Å²) in [6.45, 7) is 6.28. The van der Waals surface area contributed by atoms with Gasteiger partial charge in [-0.25, -0.2) is 4.79 Å². The molecule has 0 unspecified atom stereocenters. The molecule has 246 valence electrons. The summed E-state index contributed by atoms with van der Waals surface area (Å²) < 4.78 is 49.6. The van der Waals surface area contributed by atoms with Crippen LogP contribution in [0.4, 0.5) is 23.7 Å². The van der Waals surface area contributed by atoms with E-state index in [-0.39, 0.29) is 30.8 Å². The van der Waals surface area contributed by atoms with Crippen LogP contribution in [0.25, 0.3) is 0 Å². The molecule has 2 amide bonds. The van der Waals surface area contributed by atoms with Gasteiger partial charge in [0.05, 0.1) is 18.7 Å². The Bertz CT molecular complexity index is 1540. The fourth-order valence-corrected chi connectivity index (χ4v) is 5.37. The molecular formula is C34H41F3N6O3. The third-order valence-corrected chi connectivity index (χ3v) is 7.74. The Morgan fingerprint density at radius 3 is 2.43 bits per heavy atom. The highest BCUT2D eigenvalue weighted by molar-refractivity contribution is 6.10. The number of hydrogen-bond acceptors (Lipinski definition) is 6. The summed E-state index contributed by atoms with van der Waals surface area (Å²) in [5, 5.41) is 9.74. The fraction of sp³-hybridized carbons (Fsp3) is 0.471. The van der Waals surface area contributed by atoms with E-state index in [1.807, 2.05) is 30.1 Å². The lowest BCUT2D eigenvalue weighted by molar-refractivity contribution is -0.138. The summed E-state index contributed by atoms with van der Waals surface area (Å²) in [6.07, 6.45) is 7.51. The molecule has 2 heterocycles. The minimum Gasteiger partial charge on any atom is -0.444 e. The van der Waals surface area contributed by atoms with Crippen LogP contribution in [0.2, 0.25) is 0 Å². The molecule has 2 aliphatic rings. The Morgan fingerprint density at radius 1 is 1.15 bits per heavy atom. The summed E-state index contributed by atoms with van der Waals surface area (Å²) in [5.41, 5.74) is 0.766. The molecule has 0 spiro atoms.